The first-order valence-electron chi connectivity index (χ1n) is 6.73. The van der Waals surface area contributed by atoms with Crippen molar-refractivity contribution in [2.24, 2.45) is 0 Å². The molecular weight excluding hydrogens is 255 g/mol. The summed E-state index contributed by atoms with van der Waals surface area (Å²) in [5.74, 6) is 0.418. The van der Waals surface area contributed by atoms with E-state index in [4.69, 9.17) is 4.74 Å². The van der Waals surface area contributed by atoms with Crippen molar-refractivity contribution in [3.8, 4) is 16.9 Å². The van der Waals surface area contributed by atoms with Crippen LogP contribution in [0.25, 0.3) is 11.1 Å². The van der Waals surface area contributed by atoms with Crippen LogP contribution in [-0.2, 0) is 6.54 Å². The monoisotopic (exact) mass is 274 g/mol. The lowest BCUT2D eigenvalue weighted by atomic mass is 10.0. The van der Waals surface area contributed by atoms with Crippen molar-refractivity contribution in [2.75, 3.05) is 13.7 Å². The van der Waals surface area contributed by atoms with E-state index < -0.39 is 0 Å². The Kier molecular flexibility index (Phi) is 5.07. The van der Waals surface area contributed by atoms with Crippen molar-refractivity contribution in [2.45, 2.75) is 19.9 Å². The zero-order valence-corrected chi connectivity index (χ0v) is 11.8. The summed E-state index contributed by atoms with van der Waals surface area (Å²) < 4.78 is 18.7. The quantitative estimate of drug-likeness (QED) is 0.820. The third-order valence-corrected chi connectivity index (χ3v) is 3.07. The number of nitrogens with one attached hydrogen (secondary N) is 1. The Hall–Kier alpha value is -1.94. The zero-order chi connectivity index (χ0) is 14.4. The van der Waals surface area contributed by atoms with E-state index in [9.17, 15) is 4.39 Å². The number of halogens is 1. The maximum atomic E-state index is 13.5. The summed E-state index contributed by atoms with van der Waals surface area (Å²) >= 11 is 0. The average molecular weight is 274 g/mol. The zero-order valence-electron chi connectivity index (χ0n) is 11.8. The van der Waals surface area contributed by atoms with Gasteiger partial charge in [-0.05, 0) is 42.3 Å². The molecule has 0 fully saturated rings. The van der Waals surface area contributed by atoms with Crippen LogP contribution >= 0.6 is 0 Å². The number of pyridine rings is 1. The summed E-state index contributed by atoms with van der Waals surface area (Å²) in [6, 6.07) is 6.71. The van der Waals surface area contributed by atoms with E-state index in [1.807, 2.05) is 12.1 Å². The van der Waals surface area contributed by atoms with Gasteiger partial charge in [0, 0.05) is 18.3 Å². The molecule has 106 valence electrons. The first-order chi connectivity index (χ1) is 9.74. The molecule has 3 nitrogen and oxygen atoms in total. The summed E-state index contributed by atoms with van der Waals surface area (Å²) in [6.07, 6.45) is 4.43. The maximum Gasteiger partial charge on any atom is 0.137 e. The molecular formula is C16H19FN2O. The Morgan fingerprint density at radius 2 is 2.10 bits per heavy atom. The SMILES string of the molecule is CCCNCc1ccc(F)cc1-c1cncc(OC)c1. The molecule has 0 aliphatic carbocycles. The van der Waals surface area contributed by atoms with E-state index in [1.54, 1.807) is 25.6 Å². The topological polar surface area (TPSA) is 34.2 Å². The van der Waals surface area contributed by atoms with Crippen LogP contribution < -0.4 is 10.1 Å². The fourth-order valence-electron chi connectivity index (χ4n) is 2.05. The first kappa shape index (κ1) is 14.5. The highest BCUT2D eigenvalue weighted by Gasteiger charge is 2.08. The number of hydrogen-bond donors (Lipinski definition) is 1. The number of aromatic nitrogens is 1. The second kappa shape index (κ2) is 7.01. The van der Waals surface area contributed by atoms with E-state index in [0.717, 1.165) is 29.7 Å². The number of rotatable bonds is 6. The van der Waals surface area contributed by atoms with Crippen LogP contribution in [0.2, 0.25) is 0 Å². The van der Waals surface area contributed by atoms with Gasteiger partial charge >= 0.3 is 0 Å². The number of hydrogen-bond acceptors (Lipinski definition) is 3. The van der Waals surface area contributed by atoms with Gasteiger partial charge in [0.1, 0.15) is 11.6 Å². The molecule has 1 heterocycles. The maximum absolute atomic E-state index is 13.5. The highest BCUT2D eigenvalue weighted by atomic mass is 19.1. The van der Waals surface area contributed by atoms with E-state index in [0.29, 0.717) is 12.3 Å². The van der Waals surface area contributed by atoms with Gasteiger partial charge in [0.2, 0.25) is 0 Å². The van der Waals surface area contributed by atoms with E-state index in [1.165, 1.54) is 6.07 Å². The van der Waals surface area contributed by atoms with Gasteiger partial charge in [-0.3, -0.25) is 4.98 Å². The van der Waals surface area contributed by atoms with Crippen LogP contribution in [0.3, 0.4) is 0 Å². The highest BCUT2D eigenvalue weighted by molar-refractivity contribution is 5.67. The van der Waals surface area contributed by atoms with Crippen molar-refractivity contribution >= 4 is 0 Å². The Bertz CT molecular complexity index is 572. The second-order valence-electron chi connectivity index (χ2n) is 4.59. The molecule has 0 radical (unpaired) electrons. The minimum atomic E-state index is -0.248. The lowest BCUT2D eigenvalue weighted by Gasteiger charge is -2.11. The Morgan fingerprint density at radius 3 is 2.85 bits per heavy atom. The van der Waals surface area contributed by atoms with Crippen LogP contribution in [0.5, 0.6) is 5.75 Å². The Labute approximate surface area is 118 Å². The smallest absolute Gasteiger partial charge is 0.137 e. The van der Waals surface area contributed by atoms with Gasteiger partial charge in [-0.2, -0.15) is 0 Å². The van der Waals surface area contributed by atoms with Crippen LogP contribution in [0.15, 0.2) is 36.7 Å². The Morgan fingerprint density at radius 1 is 1.25 bits per heavy atom. The molecule has 0 unspecified atom stereocenters. The van der Waals surface area contributed by atoms with Crippen molar-refractivity contribution < 1.29 is 9.13 Å². The predicted octanol–water partition coefficient (Wildman–Crippen LogP) is 3.40. The molecule has 0 aliphatic rings. The van der Waals surface area contributed by atoms with Crippen molar-refractivity contribution in [1.29, 1.82) is 0 Å². The highest BCUT2D eigenvalue weighted by Crippen LogP contribution is 2.26. The van der Waals surface area contributed by atoms with Gasteiger partial charge in [0.05, 0.1) is 13.3 Å². The van der Waals surface area contributed by atoms with Crippen LogP contribution in [0, 0.1) is 5.82 Å². The number of ether oxygens (including phenoxy) is 1. The van der Waals surface area contributed by atoms with Gasteiger partial charge in [-0.15, -0.1) is 0 Å². The van der Waals surface area contributed by atoms with E-state index in [2.05, 4.69) is 17.2 Å². The predicted molar refractivity (Wildman–Crippen MR) is 78.2 cm³/mol. The fourth-order valence-corrected chi connectivity index (χ4v) is 2.05. The summed E-state index contributed by atoms with van der Waals surface area (Å²) in [4.78, 5) is 4.13. The van der Waals surface area contributed by atoms with Crippen molar-refractivity contribution in [1.82, 2.24) is 10.3 Å². The van der Waals surface area contributed by atoms with Crippen LogP contribution in [0.1, 0.15) is 18.9 Å². The molecule has 1 N–H and O–H groups in total. The largest absolute Gasteiger partial charge is 0.495 e. The fraction of sp³-hybridized carbons (Fsp3) is 0.312. The lowest BCUT2D eigenvalue weighted by Crippen LogP contribution is -2.14. The summed E-state index contributed by atoms with van der Waals surface area (Å²) in [5.41, 5.74) is 2.76. The Balaban J connectivity index is 2.34. The molecule has 0 bridgehead atoms. The average Bonchev–Trinajstić information content (AvgIpc) is 2.49. The molecule has 0 saturated carbocycles. The molecule has 2 rings (SSSR count). The second-order valence-corrected chi connectivity index (χ2v) is 4.59. The normalized spacial score (nSPS) is 10.6. The van der Waals surface area contributed by atoms with Gasteiger partial charge in [0.15, 0.2) is 0 Å². The molecule has 0 aliphatic heterocycles. The molecule has 1 aromatic carbocycles. The van der Waals surface area contributed by atoms with Gasteiger partial charge < -0.3 is 10.1 Å². The lowest BCUT2D eigenvalue weighted by molar-refractivity contribution is 0.413. The minimum Gasteiger partial charge on any atom is -0.495 e. The molecule has 0 atom stereocenters. The van der Waals surface area contributed by atoms with Crippen molar-refractivity contribution in [3.63, 3.8) is 0 Å². The van der Waals surface area contributed by atoms with Crippen molar-refractivity contribution in [3.05, 3.63) is 48.0 Å². The first-order valence-corrected chi connectivity index (χ1v) is 6.73. The van der Waals surface area contributed by atoms with Gasteiger partial charge in [-0.25, -0.2) is 4.39 Å². The molecule has 0 spiro atoms. The molecule has 20 heavy (non-hydrogen) atoms. The molecule has 2 aromatic rings. The van der Waals surface area contributed by atoms with Gasteiger partial charge in [-0.1, -0.05) is 13.0 Å². The summed E-state index contributed by atoms with van der Waals surface area (Å²) in [5, 5.41) is 3.34. The molecule has 4 heteroatoms. The van der Waals surface area contributed by atoms with Crippen LogP contribution in [-0.4, -0.2) is 18.6 Å². The van der Waals surface area contributed by atoms with Gasteiger partial charge in [0.25, 0.3) is 0 Å². The standard InChI is InChI=1S/C16H19FN2O/c1-3-6-18-9-12-4-5-14(17)8-16(12)13-7-15(20-2)11-19-10-13/h4-5,7-8,10-11,18H,3,6,9H2,1-2H3. The van der Waals surface area contributed by atoms with E-state index >= 15 is 0 Å². The molecule has 0 amide bonds. The summed E-state index contributed by atoms with van der Waals surface area (Å²) in [6.45, 7) is 3.76. The third kappa shape index (κ3) is 3.54. The number of benzene rings is 1. The molecule has 1 aromatic heterocycles. The third-order valence-electron chi connectivity index (χ3n) is 3.07. The summed E-state index contributed by atoms with van der Waals surface area (Å²) in [7, 11) is 1.59. The minimum absolute atomic E-state index is 0.248. The van der Waals surface area contributed by atoms with Crippen LogP contribution in [0.4, 0.5) is 4.39 Å². The number of methoxy groups -OCH3 is 1. The van der Waals surface area contributed by atoms with E-state index in [-0.39, 0.29) is 5.82 Å². The number of nitrogens with zero attached hydrogens (tertiary/aromatic N) is 1. The molecule has 0 saturated heterocycles.